The lowest BCUT2D eigenvalue weighted by Crippen LogP contribution is -2.42. The highest BCUT2D eigenvalue weighted by Gasteiger charge is 2.35. The zero-order valence-corrected chi connectivity index (χ0v) is 13.3. The van der Waals surface area contributed by atoms with Crippen molar-refractivity contribution in [1.29, 1.82) is 0 Å². The number of carbonyl (C=O) groups excluding carboxylic acids is 1. The third-order valence-electron chi connectivity index (χ3n) is 4.50. The summed E-state index contributed by atoms with van der Waals surface area (Å²) in [7, 11) is 0. The van der Waals surface area contributed by atoms with Gasteiger partial charge in [-0.05, 0) is 24.8 Å². The van der Waals surface area contributed by atoms with Crippen molar-refractivity contribution in [2.75, 3.05) is 19.7 Å². The van der Waals surface area contributed by atoms with Gasteiger partial charge in [-0.2, -0.15) is 0 Å². The lowest BCUT2D eigenvalue weighted by molar-refractivity contribution is -0.134. The maximum absolute atomic E-state index is 12.7. The molecule has 1 fully saturated rings. The van der Waals surface area contributed by atoms with E-state index in [1.165, 1.54) is 0 Å². The standard InChI is InChI=1S/C16H20BrNO2/c1-11(17)12-6-8-18(9-7-12)16(19)14-10-20-15-5-3-2-4-13(14)15/h2-5,11-12,14H,6-10H2,1H3. The van der Waals surface area contributed by atoms with Crippen LogP contribution in [0, 0.1) is 5.92 Å². The third-order valence-corrected chi connectivity index (χ3v) is 5.25. The van der Waals surface area contributed by atoms with Gasteiger partial charge in [-0.15, -0.1) is 0 Å². The molecule has 0 saturated carbocycles. The molecule has 0 spiro atoms. The summed E-state index contributed by atoms with van der Waals surface area (Å²) in [5.41, 5.74) is 1.05. The van der Waals surface area contributed by atoms with E-state index in [9.17, 15) is 4.79 Å². The number of halogens is 1. The van der Waals surface area contributed by atoms with Crippen molar-refractivity contribution in [3.05, 3.63) is 29.8 Å². The number of hydrogen-bond acceptors (Lipinski definition) is 2. The van der Waals surface area contributed by atoms with Crippen LogP contribution >= 0.6 is 15.9 Å². The summed E-state index contributed by atoms with van der Waals surface area (Å²) < 4.78 is 5.63. The van der Waals surface area contributed by atoms with Gasteiger partial charge in [-0.25, -0.2) is 0 Å². The van der Waals surface area contributed by atoms with E-state index in [0.29, 0.717) is 17.4 Å². The predicted octanol–water partition coefficient (Wildman–Crippen LogP) is 3.18. The SMILES string of the molecule is CC(Br)C1CCN(C(=O)C2COc3ccccc32)CC1. The van der Waals surface area contributed by atoms with E-state index in [1.54, 1.807) is 0 Å². The fourth-order valence-electron chi connectivity index (χ4n) is 3.17. The monoisotopic (exact) mass is 337 g/mol. The van der Waals surface area contributed by atoms with Gasteiger partial charge >= 0.3 is 0 Å². The second-order valence-electron chi connectivity index (χ2n) is 5.74. The molecule has 0 bridgehead atoms. The Morgan fingerprint density at radius 1 is 1.35 bits per heavy atom. The number of ether oxygens (including phenoxy) is 1. The molecule has 0 aromatic heterocycles. The van der Waals surface area contributed by atoms with Crippen LogP contribution in [0.3, 0.4) is 0 Å². The number of amides is 1. The van der Waals surface area contributed by atoms with Crippen LogP contribution in [0.1, 0.15) is 31.2 Å². The van der Waals surface area contributed by atoms with Crippen molar-refractivity contribution < 1.29 is 9.53 Å². The minimum Gasteiger partial charge on any atom is -0.492 e. The van der Waals surface area contributed by atoms with Crippen molar-refractivity contribution in [2.24, 2.45) is 5.92 Å². The van der Waals surface area contributed by atoms with Crippen LogP contribution in [-0.4, -0.2) is 35.3 Å². The average Bonchev–Trinajstić information content (AvgIpc) is 2.90. The van der Waals surface area contributed by atoms with E-state index < -0.39 is 0 Å². The number of para-hydroxylation sites is 1. The van der Waals surface area contributed by atoms with Gasteiger partial charge in [0.25, 0.3) is 0 Å². The molecule has 2 heterocycles. The highest BCUT2D eigenvalue weighted by Crippen LogP contribution is 2.35. The van der Waals surface area contributed by atoms with E-state index in [4.69, 9.17) is 4.74 Å². The van der Waals surface area contributed by atoms with Crippen LogP contribution in [0.5, 0.6) is 5.75 Å². The van der Waals surface area contributed by atoms with Gasteiger partial charge in [0.15, 0.2) is 0 Å². The first-order valence-electron chi connectivity index (χ1n) is 7.31. The zero-order chi connectivity index (χ0) is 14.1. The van der Waals surface area contributed by atoms with Gasteiger partial charge in [0.05, 0.1) is 0 Å². The van der Waals surface area contributed by atoms with Crippen molar-refractivity contribution >= 4 is 21.8 Å². The van der Waals surface area contributed by atoms with Crippen LogP contribution in [0.15, 0.2) is 24.3 Å². The maximum Gasteiger partial charge on any atom is 0.233 e. The van der Waals surface area contributed by atoms with Gasteiger partial charge in [0, 0.05) is 23.5 Å². The summed E-state index contributed by atoms with van der Waals surface area (Å²) in [6, 6.07) is 7.89. The van der Waals surface area contributed by atoms with Crippen molar-refractivity contribution in [3.8, 4) is 5.75 Å². The summed E-state index contributed by atoms with van der Waals surface area (Å²) in [6.07, 6.45) is 2.18. The number of carbonyl (C=O) groups is 1. The predicted molar refractivity (Wildman–Crippen MR) is 82.4 cm³/mol. The molecule has 0 radical (unpaired) electrons. The molecule has 3 nitrogen and oxygen atoms in total. The average molecular weight is 338 g/mol. The molecule has 2 aliphatic rings. The number of hydrogen-bond donors (Lipinski definition) is 0. The molecule has 20 heavy (non-hydrogen) atoms. The summed E-state index contributed by atoms with van der Waals surface area (Å²) >= 11 is 3.66. The zero-order valence-electron chi connectivity index (χ0n) is 11.7. The topological polar surface area (TPSA) is 29.5 Å². The summed E-state index contributed by atoms with van der Waals surface area (Å²) in [5, 5.41) is 0. The first-order chi connectivity index (χ1) is 9.66. The Kier molecular flexibility index (Phi) is 4.01. The van der Waals surface area contributed by atoms with Gasteiger partial charge in [-0.3, -0.25) is 4.79 Å². The summed E-state index contributed by atoms with van der Waals surface area (Å²) in [6.45, 7) is 4.44. The molecule has 1 aromatic rings. The molecule has 1 amide bonds. The second kappa shape index (κ2) is 5.76. The van der Waals surface area contributed by atoms with E-state index in [0.717, 1.165) is 37.2 Å². The lowest BCUT2D eigenvalue weighted by Gasteiger charge is -2.34. The number of piperidine rings is 1. The van der Waals surface area contributed by atoms with Gasteiger partial charge in [0.2, 0.25) is 5.91 Å². The van der Waals surface area contributed by atoms with E-state index in [2.05, 4.69) is 22.9 Å². The number of rotatable bonds is 2. The van der Waals surface area contributed by atoms with E-state index in [-0.39, 0.29) is 11.8 Å². The molecule has 108 valence electrons. The molecule has 1 aromatic carbocycles. The van der Waals surface area contributed by atoms with Crippen LogP contribution in [0.25, 0.3) is 0 Å². The van der Waals surface area contributed by atoms with Crippen LogP contribution in [-0.2, 0) is 4.79 Å². The number of likely N-dealkylation sites (tertiary alicyclic amines) is 1. The second-order valence-corrected chi connectivity index (χ2v) is 7.19. The van der Waals surface area contributed by atoms with Gasteiger partial charge in [0.1, 0.15) is 18.3 Å². The fraction of sp³-hybridized carbons (Fsp3) is 0.562. The quantitative estimate of drug-likeness (QED) is 0.775. The maximum atomic E-state index is 12.7. The van der Waals surface area contributed by atoms with Gasteiger partial charge < -0.3 is 9.64 Å². The molecule has 2 aliphatic heterocycles. The van der Waals surface area contributed by atoms with Crippen LogP contribution < -0.4 is 4.74 Å². The number of benzene rings is 1. The molecule has 4 heteroatoms. The van der Waals surface area contributed by atoms with Crippen LogP contribution in [0.2, 0.25) is 0 Å². The molecule has 0 N–H and O–H groups in total. The highest BCUT2D eigenvalue weighted by atomic mass is 79.9. The minimum atomic E-state index is -0.107. The normalized spacial score (nSPS) is 24.1. The third kappa shape index (κ3) is 2.58. The minimum absolute atomic E-state index is 0.107. The Hall–Kier alpha value is -1.03. The number of nitrogens with zero attached hydrogens (tertiary/aromatic N) is 1. The molecule has 1 saturated heterocycles. The van der Waals surface area contributed by atoms with Gasteiger partial charge in [-0.1, -0.05) is 41.1 Å². The molecule has 3 rings (SSSR count). The highest BCUT2D eigenvalue weighted by molar-refractivity contribution is 9.09. The molecule has 2 atom stereocenters. The largest absolute Gasteiger partial charge is 0.492 e. The molecule has 0 aliphatic carbocycles. The first-order valence-corrected chi connectivity index (χ1v) is 8.23. The van der Waals surface area contributed by atoms with E-state index >= 15 is 0 Å². The Morgan fingerprint density at radius 2 is 2.05 bits per heavy atom. The Bertz CT molecular complexity index is 495. The smallest absolute Gasteiger partial charge is 0.233 e. The molecule has 2 unspecified atom stereocenters. The van der Waals surface area contributed by atoms with Crippen molar-refractivity contribution in [3.63, 3.8) is 0 Å². The van der Waals surface area contributed by atoms with E-state index in [1.807, 2.05) is 29.2 Å². The Labute approximate surface area is 128 Å². The summed E-state index contributed by atoms with van der Waals surface area (Å²) in [4.78, 5) is 15.2. The molecular formula is C16H20BrNO2. The number of alkyl halides is 1. The molecular weight excluding hydrogens is 318 g/mol. The summed E-state index contributed by atoms with van der Waals surface area (Å²) in [5.74, 6) is 1.68. The lowest BCUT2D eigenvalue weighted by atomic mass is 9.92. The van der Waals surface area contributed by atoms with Crippen molar-refractivity contribution in [2.45, 2.75) is 30.5 Å². The fourth-order valence-corrected chi connectivity index (χ4v) is 3.70. The Morgan fingerprint density at radius 3 is 2.75 bits per heavy atom. The Balaban J connectivity index is 1.67. The van der Waals surface area contributed by atoms with Crippen molar-refractivity contribution in [1.82, 2.24) is 4.90 Å². The first kappa shape index (κ1) is 13.9. The van der Waals surface area contributed by atoms with Crippen LogP contribution in [0.4, 0.5) is 0 Å². The number of fused-ring (bicyclic) bond motifs is 1.